The molecule has 3 aliphatic heterocycles. The zero-order valence-corrected chi connectivity index (χ0v) is 35.1. The molecule has 9 rings (SSSR count). The van der Waals surface area contributed by atoms with Gasteiger partial charge in [-0.3, -0.25) is 19.3 Å². The zero-order chi connectivity index (χ0) is 44.4. The number of aliphatic hydroxyl groups is 2. The van der Waals surface area contributed by atoms with Gasteiger partial charge in [0, 0.05) is 6.54 Å². The van der Waals surface area contributed by atoms with Gasteiger partial charge in [0.25, 0.3) is 0 Å². The van der Waals surface area contributed by atoms with Crippen molar-refractivity contribution in [3.05, 3.63) is 203 Å². The molecule has 6 aromatic rings. The molecule has 8 atom stereocenters. The van der Waals surface area contributed by atoms with E-state index in [1.165, 1.54) is 0 Å². The van der Waals surface area contributed by atoms with E-state index in [1.54, 1.807) is 66.7 Å². The molecule has 12 heteroatoms. The van der Waals surface area contributed by atoms with Crippen molar-refractivity contribution in [1.29, 1.82) is 0 Å². The molecule has 2 fully saturated rings. The van der Waals surface area contributed by atoms with Crippen molar-refractivity contribution in [3.8, 4) is 5.75 Å². The number of benzene rings is 6. The number of nitrogens with one attached hydrogen (secondary N) is 2. The highest BCUT2D eigenvalue weighted by Crippen LogP contribution is 2.66. The van der Waals surface area contributed by atoms with Crippen LogP contribution in [0.15, 0.2) is 170 Å². The quantitative estimate of drug-likeness (QED) is 0.0948. The maximum atomic E-state index is 16.3. The number of imide groups is 1. The first-order valence-electron chi connectivity index (χ1n) is 21.5. The fraction of sp³-hybridized carbons (Fsp3) is 0.231. The number of rotatable bonds is 12. The van der Waals surface area contributed by atoms with Crippen molar-refractivity contribution < 1.29 is 38.9 Å². The van der Waals surface area contributed by atoms with Crippen LogP contribution in [0.4, 0.5) is 10.5 Å². The summed E-state index contributed by atoms with van der Waals surface area (Å²) in [7, 11) is 0. The van der Waals surface area contributed by atoms with E-state index in [2.05, 4.69) is 10.6 Å². The molecule has 0 aliphatic carbocycles. The molecule has 0 unspecified atom stereocenters. The van der Waals surface area contributed by atoms with E-state index in [-0.39, 0.29) is 25.4 Å². The number of esters is 1. The van der Waals surface area contributed by atoms with Crippen LogP contribution in [0.2, 0.25) is 0 Å². The fourth-order valence-corrected chi connectivity index (χ4v) is 9.98. The molecule has 12 nitrogen and oxygen atoms in total. The Morgan fingerprint density at radius 1 is 0.734 bits per heavy atom. The number of para-hydroxylation sites is 1. The van der Waals surface area contributed by atoms with Crippen LogP contribution in [0, 0.1) is 5.92 Å². The first-order chi connectivity index (χ1) is 31.2. The Bertz CT molecular complexity index is 2630. The first-order valence-corrected chi connectivity index (χ1v) is 21.5. The van der Waals surface area contributed by atoms with E-state index in [9.17, 15) is 15.0 Å². The summed E-state index contributed by atoms with van der Waals surface area (Å²) < 4.78 is 12.5. The third kappa shape index (κ3) is 7.38. The molecular weight excluding hydrogens is 809 g/mol. The van der Waals surface area contributed by atoms with E-state index >= 15 is 14.4 Å². The SMILES string of the molecule is C[C@@H](NC(=O)N1C(=O)[C@@]2(c3ccccc31)[C@H](c1cccc(OCCO)c1)N1[C@H](c3ccccc3)[C@H](c3ccccc3)OC(=O)[C@H]1[C@@H]2C(=O)NC[C@H](O)c1ccccc1)c1ccccc1. The van der Waals surface area contributed by atoms with Crippen LogP contribution in [-0.2, 0) is 24.5 Å². The van der Waals surface area contributed by atoms with E-state index in [1.807, 2.05) is 115 Å². The molecule has 2 saturated heterocycles. The number of nitrogens with zero attached hydrogens (tertiary/aromatic N) is 2. The Morgan fingerprint density at radius 3 is 2.00 bits per heavy atom. The van der Waals surface area contributed by atoms with Crippen molar-refractivity contribution >= 4 is 29.5 Å². The number of carbonyl (C=O) groups is 4. The zero-order valence-electron chi connectivity index (χ0n) is 35.1. The second-order valence-electron chi connectivity index (χ2n) is 16.3. The lowest BCUT2D eigenvalue weighted by Crippen LogP contribution is -2.56. The Labute approximate surface area is 371 Å². The van der Waals surface area contributed by atoms with Crippen molar-refractivity contribution in [2.75, 3.05) is 24.7 Å². The highest BCUT2D eigenvalue weighted by Gasteiger charge is 2.75. The second kappa shape index (κ2) is 17.9. The summed E-state index contributed by atoms with van der Waals surface area (Å²) in [6, 6.07) is 46.6. The number of urea groups is 1. The summed E-state index contributed by atoms with van der Waals surface area (Å²) >= 11 is 0. The molecule has 6 aromatic carbocycles. The van der Waals surface area contributed by atoms with Gasteiger partial charge in [-0.05, 0) is 58.5 Å². The van der Waals surface area contributed by atoms with Crippen LogP contribution in [0.5, 0.6) is 5.75 Å². The molecule has 0 aromatic heterocycles. The van der Waals surface area contributed by atoms with Crippen molar-refractivity contribution in [2.45, 2.75) is 48.7 Å². The van der Waals surface area contributed by atoms with Gasteiger partial charge in [0.2, 0.25) is 11.8 Å². The number of carbonyl (C=O) groups excluding carboxylic acids is 4. The summed E-state index contributed by atoms with van der Waals surface area (Å²) in [5.41, 5.74) is 2.01. The van der Waals surface area contributed by atoms with E-state index in [0.717, 1.165) is 16.0 Å². The van der Waals surface area contributed by atoms with Gasteiger partial charge in [0.15, 0.2) is 0 Å². The number of anilines is 1. The number of amides is 4. The Morgan fingerprint density at radius 2 is 1.33 bits per heavy atom. The number of aliphatic hydroxyl groups excluding tert-OH is 2. The van der Waals surface area contributed by atoms with Crippen LogP contribution in [0.1, 0.15) is 70.6 Å². The Hall–Kier alpha value is -7.12. The van der Waals surface area contributed by atoms with E-state index in [4.69, 9.17) is 9.47 Å². The predicted octanol–water partition coefficient (Wildman–Crippen LogP) is 7.04. The Kier molecular flexibility index (Phi) is 11.8. The van der Waals surface area contributed by atoms with Gasteiger partial charge in [-0.2, -0.15) is 0 Å². The number of hydrogen-bond acceptors (Lipinski definition) is 9. The first kappa shape index (κ1) is 42.2. The highest BCUT2D eigenvalue weighted by atomic mass is 16.6. The van der Waals surface area contributed by atoms with Gasteiger partial charge in [0.1, 0.15) is 29.9 Å². The Balaban J connectivity index is 1.28. The van der Waals surface area contributed by atoms with Crippen LogP contribution in [0.3, 0.4) is 0 Å². The second-order valence-corrected chi connectivity index (χ2v) is 16.3. The number of ether oxygens (including phenoxy) is 2. The number of morpholine rings is 1. The average molecular weight is 857 g/mol. The minimum atomic E-state index is -1.97. The van der Waals surface area contributed by atoms with Crippen LogP contribution in [0.25, 0.3) is 0 Å². The highest BCUT2D eigenvalue weighted by molar-refractivity contribution is 6.24. The van der Waals surface area contributed by atoms with Gasteiger partial charge in [-0.15, -0.1) is 0 Å². The molecule has 64 heavy (non-hydrogen) atoms. The molecule has 324 valence electrons. The summed E-state index contributed by atoms with van der Waals surface area (Å²) in [5.74, 6) is -3.27. The van der Waals surface area contributed by atoms with Crippen molar-refractivity contribution in [3.63, 3.8) is 0 Å². The lowest BCUT2D eigenvalue weighted by molar-refractivity contribution is -0.178. The molecule has 0 bridgehead atoms. The van der Waals surface area contributed by atoms with Gasteiger partial charge in [-0.1, -0.05) is 152 Å². The summed E-state index contributed by atoms with van der Waals surface area (Å²) in [4.78, 5) is 64.9. The maximum absolute atomic E-state index is 16.3. The van der Waals surface area contributed by atoms with E-state index < -0.39 is 71.5 Å². The number of fused-ring (bicyclic) bond motifs is 3. The van der Waals surface area contributed by atoms with E-state index in [0.29, 0.717) is 28.0 Å². The molecule has 0 radical (unpaired) electrons. The third-order valence-electron chi connectivity index (χ3n) is 12.7. The number of cyclic esters (lactones) is 1. The summed E-state index contributed by atoms with van der Waals surface area (Å²) in [6.07, 6.45) is -2.03. The summed E-state index contributed by atoms with van der Waals surface area (Å²) in [6.45, 7) is 1.33. The van der Waals surface area contributed by atoms with Gasteiger partial charge < -0.3 is 30.3 Å². The molecule has 3 aliphatic rings. The molecule has 3 heterocycles. The average Bonchev–Trinajstić information content (AvgIpc) is 3.80. The van der Waals surface area contributed by atoms with Gasteiger partial charge in [0.05, 0.1) is 42.4 Å². The summed E-state index contributed by atoms with van der Waals surface area (Å²) in [5, 5.41) is 27.1. The van der Waals surface area contributed by atoms with Crippen LogP contribution in [-0.4, -0.2) is 64.7 Å². The molecule has 4 N–H and O–H groups in total. The van der Waals surface area contributed by atoms with Gasteiger partial charge in [-0.25, -0.2) is 9.69 Å². The van der Waals surface area contributed by atoms with Crippen LogP contribution < -0.4 is 20.3 Å². The third-order valence-corrected chi connectivity index (χ3v) is 12.7. The maximum Gasteiger partial charge on any atom is 0.329 e. The number of hydrogen-bond donors (Lipinski definition) is 4. The fourth-order valence-electron chi connectivity index (χ4n) is 9.98. The van der Waals surface area contributed by atoms with Crippen molar-refractivity contribution in [2.24, 2.45) is 5.92 Å². The molecule has 4 amide bonds. The monoisotopic (exact) mass is 856 g/mol. The van der Waals surface area contributed by atoms with Gasteiger partial charge >= 0.3 is 12.0 Å². The molecular formula is C52H48N4O8. The molecule has 0 saturated carbocycles. The van der Waals surface area contributed by atoms with Crippen molar-refractivity contribution in [1.82, 2.24) is 15.5 Å². The predicted molar refractivity (Wildman–Crippen MR) is 239 cm³/mol. The minimum absolute atomic E-state index is 0.00919. The standard InChI is InChI=1S/C52H48N4O8/c1-33(34-17-6-2-7-18-34)54-51(62)55-41-28-15-14-27-40(41)52(50(55)61)43(48(59)53-32-42(58)35-19-8-3-9-20-35)45-49(60)64-46(37-23-12-5-13-24-37)44(36-21-10-4-11-22-36)56(45)47(52)38-25-16-26-39(31-38)63-30-29-57/h2-28,31,33,42-47,57-58H,29-30,32H2,1H3,(H,53,59)(H,54,62)/t33-,42+,43-,44-,45-,46+,47+,52-/m1/s1. The topological polar surface area (TPSA) is 158 Å². The smallest absolute Gasteiger partial charge is 0.329 e. The lowest BCUT2D eigenvalue weighted by atomic mass is 9.65. The lowest BCUT2D eigenvalue weighted by Gasteiger charge is -2.46. The van der Waals surface area contributed by atoms with Crippen LogP contribution >= 0.6 is 0 Å². The molecule has 1 spiro atoms. The minimum Gasteiger partial charge on any atom is -0.491 e. The largest absolute Gasteiger partial charge is 0.491 e. The normalized spacial score (nSPS) is 23.4.